The molecule has 12 aromatic heterocycles. The van der Waals surface area contributed by atoms with Crippen molar-refractivity contribution in [3.8, 4) is 34.2 Å². The fourth-order valence-electron chi connectivity index (χ4n) is 11.8. The molecule has 0 spiro atoms. The standard InChI is InChI=1S/C25H27N7.2C24H24FN7/c1-4-17(3)32-15-29-22-24(27-10-9-18-14-28-21-8-6-5-7-20(18)21)30-23(31-25(22)32)19-11-16(2)12-26-13-19;2*1-3-15(2)32-14-29-21-23(27-9-8-16-12-28-20-7-5-4-6-19(16)20)30-22(31-24(21)32)17-10-18(25)13-26-11-17/h5-8,11-15,17,28H,4,9-10H2,1-3H3,(H,27,30,31);2*4-7,10-15,28H,3,8-9H2,1-2H3,(H,27,30,31). The zero-order valence-corrected chi connectivity index (χ0v) is 54.6. The highest BCUT2D eigenvalue weighted by atomic mass is 19.1. The van der Waals surface area contributed by atoms with E-state index in [0.717, 1.165) is 101 Å². The van der Waals surface area contributed by atoms with Crippen LogP contribution in [0, 0.1) is 18.6 Å². The van der Waals surface area contributed by atoms with Gasteiger partial charge in [0, 0.05) is 131 Å². The van der Waals surface area contributed by atoms with Gasteiger partial charge < -0.3 is 44.6 Å². The van der Waals surface area contributed by atoms with Crippen molar-refractivity contribution in [3.63, 3.8) is 0 Å². The maximum atomic E-state index is 13.8. The molecule has 23 heteroatoms. The van der Waals surface area contributed by atoms with Gasteiger partial charge in [-0.1, -0.05) is 75.4 Å². The summed E-state index contributed by atoms with van der Waals surface area (Å²) in [5.74, 6) is 2.69. The van der Waals surface area contributed by atoms with E-state index in [4.69, 9.17) is 19.9 Å². The molecule has 15 rings (SSSR count). The van der Waals surface area contributed by atoms with Crippen LogP contribution in [0.3, 0.4) is 0 Å². The first-order valence-corrected chi connectivity index (χ1v) is 32.7. The average molecular weight is 1280 g/mol. The molecule has 0 saturated carbocycles. The number of aromatic nitrogens is 18. The van der Waals surface area contributed by atoms with Crippen molar-refractivity contribution in [1.82, 2.24) is 88.5 Å². The van der Waals surface area contributed by atoms with Gasteiger partial charge >= 0.3 is 0 Å². The van der Waals surface area contributed by atoms with Gasteiger partial charge in [-0.05, 0) is 125 Å². The van der Waals surface area contributed by atoms with E-state index in [0.29, 0.717) is 70.4 Å². The fraction of sp³-hybridized carbons (Fsp3) is 0.260. The van der Waals surface area contributed by atoms with Crippen molar-refractivity contribution in [2.45, 2.75) is 105 Å². The van der Waals surface area contributed by atoms with Crippen molar-refractivity contribution in [3.05, 3.63) is 200 Å². The smallest absolute Gasteiger partial charge is 0.166 e. The molecule has 0 amide bonds. The summed E-state index contributed by atoms with van der Waals surface area (Å²) in [5, 5.41) is 14.1. The van der Waals surface area contributed by atoms with Crippen molar-refractivity contribution in [2.24, 2.45) is 0 Å². The van der Waals surface area contributed by atoms with Crippen LogP contribution in [0.25, 0.3) is 100 Å². The Bertz CT molecular complexity index is 4670. The maximum Gasteiger partial charge on any atom is 0.166 e. The predicted molar refractivity (Wildman–Crippen MR) is 377 cm³/mol. The number of hydrogen-bond donors (Lipinski definition) is 6. The number of anilines is 3. The topological polar surface area (TPSA) is 253 Å². The number of rotatable bonds is 21. The largest absolute Gasteiger partial charge is 0.368 e. The Morgan fingerprint density at radius 1 is 0.417 bits per heavy atom. The van der Waals surface area contributed by atoms with Crippen molar-refractivity contribution < 1.29 is 8.78 Å². The van der Waals surface area contributed by atoms with Crippen LogP contribution in [0.1, 0.15) is 101 Å². The van der Waals surface area contributed by atoms with E-state index in [1.807, 2.05) is 77.5 Å². The number of hydrogen-bond acceptors (Lipinski definition) is 15. The van der Waals surface area contributed by atoms with Crippen molar-refractivity contribution in [1.29, 1.82) is 0 Å². The van der Waals surface area contributed by atoms with Crippen LogP contribution in [-0.2, 0) is 19.3 Å². The summed E-state index contributed by atoms with van der Waals surface area (Å²) >= 11 is 0. The third-order valence-corrected chi connectivity index (χ3v) is 17.6. The molecule has 0 aliphatic rings. The molecule has 12 heterocycles. The molecule has 0 aliphatic carbocycles. The van der Waals surface area contributed by atoms with Crippen LogP contribution in [-0.4, -0.2) is 108 Å². The number of H-pyrrole nitrogens is 3. The third kappa shape index (κ3) is 13.5. The molecule has 0 aliphatic heterocycles. The highest BCUT2D eigenvalue weighted by Gasteiger charge is 2.22. The Balaban J connectivity index is 0.000000130. The van der Waals surface area contributed by atoms with Crippen LogP contribution in [0.2, 0.25) is 0 Å². The molecule has 6 N–H and O–H groups in total. The minimum atomic E-state index is -0.421. The zero-order chi connectivity index (χ0) is 66.2. The summed E-state index contributed by atoms with van der Waals surface area (Å²) in [7, 11) is 0. The number of nitrogens with zero attached hydrogens (tertiary/aromatic N) is 15. The van der Waals surface area contributed by atoms with Gasteiger partial charge in [0.1, 0.15) is 28.2 Å². The van der Waals surface area contributed by atoms with E-state index in [9.17, 15) is 8.78 Å². The van der Waals surface area contributed by atoms with Crippen LogP contribution in [0.15, 0.2) is 166 Å². The Labute approximate surface area is 552 Å². The van der Waals surface area contributed by atoms with Gasteiger partial charge in [-0.15, -0.1) is 0 Å². The Morgan fingerprint density at radius 2 is 0.740 bits per heavy atom. The number of fused-ring (bicyclic) bond motifs is 6. The molecule has 0 saturated heterocycles. The first-order chi connectivity index (χ1) is 46.9. The molecule has 0 fully saturated rings. The normalized spacial score (nSPS) is 12.5. The van der Waals surface area contributed by atoms with Gasteiger partial charge in [0.15, 0.2) is 51.9 Å². The summed E-state index contributed by atoms with van der Waals surface area (Å²) in [6.45, 7) is 17.0. The summed E-state index contributed by atoms with van der Waals surface area (Å²) in [6.07, 6.45) is 26.2. The molecule has 3 aromatic carbocycles. The van der Waals surface area contributed by atoms with Gasteiger partial charge in [-0.2, -0.15) is 0 Å². The maximum absolute atomic E-state index is 13.8. The third-order valence-electron chi connectivity index (χ3n) is 17.6. The number of benzene rings is 3. The lowest BCUT2D eigenvalue weighted by Gasteiger charge is -2.13. The van der Waals surface area contributed by atoms with E-state index in [-0.39, 0.29) is 12.1 Å². The van der Waals surface area contributed by atoms with Crippen molar-refractivity contribution in [2.75, 3.05) is 35.6 Å². The van der Waals surface area contributed by atoms with Crippen molar-refractivity contribution >= 4 is 83.7 Å². The number of aryl methyl sites for hydroxylation is 1. The average Bonchev–Trinajstić information content (AvgIpc) is 1.59. The van der Waals surface area contributed by atoms with Crippen LogP contribution < -0.4 is 16.0 Å². The number of aromatic amines is 3. The lowest BCUT2D eigenvalue weighted by atomic mass is 10.1. The fourth-order valence-corrected chi connectivity index (χ4v) is 11.8. The monoisotopic (exact) mass is 1280 g/mol. The first kappa shape index (κ1) is 63.4. The van der Waals surface area contributed by atoms with Gasteiger partial charge in [-0.25, -0.2) is 53.6 Å². The van der Waals surface area contributed by atoms with E-state index < -0.39 is 11.6 Å². The summed E-state index contributed by atoms with van der Waals surface area (Å²) < 4.78 is 33.8. The quantitative estimate of drug-likeness (QED) is 0.0391. The molecule has 0 radical (unpaired) electrons. The van der Waals surface area contributed by atoms with Gasteiger partial charge in [0.05, 0.1) is 31.4 Å². The van der Waals surface area contributed by atoms with Crippen LogP contribution in [0.4, 0.5) is 26.2 Å². The number of pyridine rings is 3. The number of halogens is 2. The highest BCUT2D eigenvalue weighted by molar-refractivity contribution is 5.89. The molecule has 15 aromatic rings. The number of imidazole rings is 3. The second kappa shape index (κ2) is 28.5. The second-order valence-corrected chi connectivity index (χ2v) is 24.1. The zero-order valence-electron chi connectivity index (χ0n) is 54.6. The second-order valence-electron chi connectivity index (χ2n) is 24.1. The van der Waals surface area contributed by atoms with E-state index in [1.165, 1.54) is 57.4 Å². The first-order valence-electron chi connectivity index (χ1n) is 32.7. The highest BCUT2D eigenvalue weighted by Crippen LogP contribution is 2.32. The lowest BCUT2D eigenvalue weighted by Crippen LogP contribution is -2.09. The van der Waals surface area contributed by atoms with E-state index >= 15 is 0 Å². The molecule has 3 atom stereocenters. The minimum Gasteiger partial charge on any atom is -0.368 e. The van der Waals surface area contributed by atoms with Crippen LogP contribution >= 0.6 is 0 Å². The van der Waals surface area contributed by atoms with Gasteiger partial charge in [-0.3, -0.25) is 15.0 Å². The molecular formula is C73H75F2N21. The predicted octanol–water partition coefficient (Wildman–Crippen LogP) is 15.6. The van der Waals surface area contributed by atoms with Gasteiger partial charge in [0.25, 0.3) is 0 Å². The summed E-state index contributed by atoms with van der Waals surface area (Å²) in [4.78, 5) is 64.6. The lowest BCUT2D eigenvalue weighted by molar-refractivity contribution is 0.541. The SMILES string of the molecule is CCC(C)n1cnc2c(NCCc3c[nH]c4ccccc34)nc(-c3cncc(C)c3)nc21.CCC(C)n1cnc2c(NCCc3c[nH]c4ccccc34)nc(-c3cncc(F)c3)nc21.CCC(C)n1cnc2c(NCCc3c[nH]c4ccccc34)nc(-c3cncc(F)c3)nc21. The molecule has 3 unspecified atom stereocenters. The molecule has 21 nitrogen and oxygen atoms in total. The molecule has 96 heavy (non-hydrogen) atoms. The van der Waals surface area contributed by atoms with E-state index in [2.05, 4.69) is 172 Å². The molecule has 486 valence electrons. The Kier molecular flexibility index (Phi) is 18.8. The summed E-state index contributed by atoms with van der Waals surface area (Å²) in [5.41, 5.74) is 14.7. The Hall–Kier alpha value is -11.4. The summed E-state index contributed by atoms with van der Waals surface area (Å²) in [6, 6.07) is 30.5. The van der Waals surface area contributed by atoms with E-state index in [1.54, 1.807) is 25.0 Å². The molecule has 0 bridgehead atoms. The van der Waals surface area contributed by atoms with Gasteiger partial charge in [0.2, 0.25) is 0 Å². The minimum absolute atomic E-state index is 0.229. The number of para-hydroxylation sites is 3. The molecular weight excluding hydrogens is 1210 g/mol. The van der Waals surface area contributed by atoms with Crippen LogP contribution in [0.5, 0.6) is 0 Å². The number of nitrogens with one attached hydrogen (secondary N) is 6. The Morgan fingerprint density at radius 3 is 1.06 bits per heavy atom.